The van der Waals surface area contributed by atoms with E-state index in [1.54, 1.807) is 18.2 Å². The Morgan fingerprint density at radius 1 is 1.15 bits per heavy atom. The SMILES string of the molecule is CC(=O)n1ncc2c(NC(=O)NCc3ccc(C(F)(F)F)nc3N3CCC(C)CC3)cccc21. The number of hydrogen-bond acceptors (Lipinski definition) is 5. The lowest BCUT2D eigenvalue weighted by molar-refractivity contribution is -0.141. The number of carbonyl (C=O) groups is 2. The Kier molecular flexibility index (Phi) is 6.45. The number of amides is 2. The number of halogens is 3. The van der Waals surface area contributed by atoms with Crippen LogP contribution in [0.25, 0.3) is 10.9 Å². The van der Waals surface area contributed by atoms with Gasteiger partial charge in [0.05, 0.1) is 17.4 Å². The molecule has 8 nitrogen and oxygen atoms in total. The number of hydrogen-bond donors (Lipinski definition) is 2. The maximum Gasteiger partial charge on any atom is 0.433 e. The lowest BCUT2D eigenvalue weighted by atomic mass is 9.99. The molecule has 34 heavy (non-hydrogen) atoms. The number of nitrogens with zero attached hydrogens (tertiary/aromatic N) is 4. The Morgan fingerprint density at radius 2 is 1.88 bits per heavy atom. The van der Waals surface area contributed by atoms with Crippen molar-refractivity contribution >= 4 is 34.3 Å². The Hall–Kier alpha value is -3.63. The maximum atomic E-state index is 13.3. The highest BCUT2D eigenvalue weighted by molar-refractivity contribution is 6.02. The fraction of sp³-hybridized carbons (Fsp3) is 0.391. The second-order valence-corrected chi connectivity index (χ2v) is 8.47. The summed E-state index contributed by atoms with van der Waals surface area (Å²) in [5.74, 6) is 0.488. The molecule has 3 heterocycles. The molecular weight excluding hydrogens is 449 g/mol. The minimum absolute atomic E-state index is 0.00103. The average Bonchev–Trinajstić information content (AvgIpc) is 3.23. The number of benzene rings is 1. The minimum Gasteiger partial charge on any atom is -0.356 e. The van der Waals surface area contributed by atoms with Gasteiger partial charge in [-0.3, -0.25) is 4.79 Å². The number of urea groups is 1. The van der Waals surface area contributed by atoms with Crippen LogP contribution in [0.2, 0.25) is 0 Å². The van der Waals surface area contributed by atoms with Crippen LogP contribution in [0.3, 0.4) is 0 Å². The number of pyridine rings is 1. The van der Waals surface area contributed by atoms with E-state index in [2.05, 4.69) is 27.6 Å². The molecule has 0 saturated carbocycles. The van der Waals surface area contributed by atoms with E-state index in [9.17, 15) is 22.8 Å². The van der Waals surface area contributed by atoms with Gasteiger partial charge in [-0.1, -0.05) is 19.1 Å². The first-order valence-electron chi connectivity index (χ1n) is 11.0. The van der Waals surface area contributed by atoms with E-state index in [0.29, 0.717) is 41.2 Å². The van der Waals surface area contributed by atoms with Gasteiger partial charge in [-0.15, -0.1) is 0 Å². The molecule has 1 saturated heterocycles. The van der Waals surface area contributed by atoms with Gasteiger partial charge in [0.15, 0.2) is 0 Å². The van der Waals surface area contributed by atoms with E-state index >= 15 is 0 Å². The molecule has 0 atom stereocenters. The summed E-state index contributed by atoms with van der Waals surface area (Å²) in [4.78, 5) is 30.0. The van der Waals surface area contributed by atoms with Crippen molar-refractivity contribution in [2.75, 3.05) is 23.3 Å². The van der Waals surface area contributed by atoms with Crippen molar-refractivity contribution in [1.29, 1.82) is 0 Å². The van der Waals surface area contributed by atoms with Crippen molar-refractivity contribution in [3.8, 4) is 0 Å². The second-order valence-electron chi connectivity index (χ2n) is 8.47. The summed E-state index contributed by atoms with van der Waals surface area (Å²) in [6.07, 6.45) is -1.34. The summed E-state index contributed by atoms with van der Waals surface area (Å²) >= 11 is 0. The van der Waals surface area contributed by atoms with Crippen LogP contribution in [0.5, 0.6) is 0 Å². The smallest absolute Gasteiger partial charge is 0.356 e. The third-order valence-electron chi connectivity index (χ3n) is 5.93. The van der Waals surface area contributed by atoms with E-state index < -0.39 is 17.9 Å². The predicted molar refractivity (Wildman–Crippen MR) is 122 cm³/mol. The van der Waals surface area contributed by atoms with E-state index in [4.69, 9.17) is 0 Å². The number of rotatable bonds is 4. The number of nitrogens with one attached hydrogen (secondary N) is 2. The molecular formula is C23H25F3N6O2. The number of fused-ring (bicyclic) bond motifs is 1. The molecule has 1 aromatic carbocycles. The van der Waals surface area contributed by atoms with Crippen molar-refractivity contribution in [1.82, 2.24) is 20.1 Å². The van der Waals surface area contributed by atoms with Crippen LogP contribution in [0, 0.1) is 5.92 Å². The van der Waals surface area contributed by atoms with Gasteiger partial charge in [0, 0.05) is 37.5 Å². The molecule has 0 unspecified atom stereocenters. The van der Waals surface area contributed by atoms with E-state index in [0.717, 1.165) is 18.9 Å². The molecule has 1 fully saturated rings. The molecule has 11 heteroatoms. The van der Waals surface area contributed by atoms with Crippen LogP contribution in [-0.4, -0.2) is 39.8 Å². The summed E-state index contributed by atoms with van der Waals surface area (Å²) in [6.45, 7) is 4.72. The summed E-state index contributed by atoms with van der Waals surface area (Å²) in [5.41, 5.74) is 0.556. The lowest BCUT2D eigenvalue weighted by Gasteiger charge is -2.33. The molecule has 0 spiro atoms. The van der Waals surface area contributed by atoms with Gasteiger partial charge >= 0.3 is 12.2 Å². The third kappa shape index (κ3) is 4.97. The largest absolute Gasteiger partial charge is 0.433 e. The molecule has 1 aliphatic heterocycles. The molecule has 0 aliphatic carbocycles. The summed E-state index contributed by atoms with van der Waals surface area (Å²) < 4.78 is 41.1. The standard InChI is InChI=1S/C23H25F3N6O2/c1-14-8-10-31(11-9-14)21-16(6-7-20(30-21)23(24,25)26)12-27-22(34)29-18-4-3-5-19-17(18)13-28-32(19)15(2)33/h3-7,13-14H,8-12H2,1-2H3,(H2,27,29,34). The quantitative estimate of drug-likeness (QED) is 0.574. The lowest BCUT2D eigenvalue weighted by Crippen LogP contribution is -2.35. The molecule has 180 valence electrons. The monoisotopic (exact) mass is 474 g/mol. The Morgan fingerprint density at radius 3 is 2.56 bits per heavy atom. The molecule has 0 bridgehead atoms. The highest BCUT2D eigenvalue weighted by atomic mass is 19.4. The fourth-order valence-corrected chi connectivity index (χ4v) is 4.02. The van der Waals surface area contributed by atoms with E-state index in [-0.39, 0.29) is 18.3 Å². The zero-order valence-electron chi connectivity index (χ0n) is 18.8. The molecule has 4 rings (SSSR count). The molecule has 2 aromatic heterocycles. The van der Waals surface area contributed by atoms with Gasteiger partial charge in [-0.2, -0.15) is 18.3 Å². The van der Waals surface area contributed by atoms with Crippen LogP contribution in [0.4, 0.5) is 29.5 Å². The topological polar surface area (TPSA) is 92.1 Å². The summed E-state index contributed by atoms with van der Waals surface area (Å²) in [6, 6.07) is 6.83. The van der Waals surface area contributed by atoms with Gasteiger partial charge in [0.1, 0.15) is 11.5 Å². The third-order valence-corrected chi connectivity index (χ3v) is 5.93. The van der Waals surface area contributed by atoms with E-state index in [1.807, 2.05) is 4.90 Å². The number of alkyl halides is 3. The first-order valence-corrected chi connectivity index (χ1v) is 11.0. The van der Waals surface area contributed by atoms with Crippen molar-refractivity contribution < 1.29 is 22.8 Å². The number of carbonyl (C=O) groups excluding carboxylic acids is 2. The number of aromatic nitrogens is 3. The van der Waals surface area contributed by atoms with Crippen LogP contribution in [0.15, 0.2) is 36.5 Å². The Balaban J connectivity index is 1.51. The van der Waals surface area contributed by atoms with Gasteiger partial charge in [-0.05, 0) is 37.0 Å². The number of piperidine rings is 1. The summed E-state index contributed by atoms with van der Waals surface area (Å²) in [5, 5.41) is 10.0. The van der Waals surface area contributed by atoms with Crippen molar-refractivity contribution in [3.63, 3.8) is 0 Å². The highest BCUT2D eigenvalue weighted by Gasteiger charge is 2.34. The van der Waals surface area contributed by atoms with Crippen molar-refractivity contribution in [3.05, 3.63) is 47.8 Å². The zero-order chi connectivity index (χ0) is 24.5. The first kappa shape index (κ1) is 23.5. The van der Waals surface area contributed by atoms with Gasteiger partial charge in [0.25, 0.3) is 0 Å². The number of anilines is 2. The van der Waals surface area contributed by atoms with Crippen molar-refractivity contribution in [2.24, 2.45) is 5.92 Å². The molecule has 1 aliphatic rings. The first-order chi connectivity index (χ1) is 16.1. The highest BCUT2D eigenvalue weighted by Crippen LogP contribution is 2.32. The fourth-order valence-electron chi connectivity index (χ4n) is 4.02. The average molecular weight is 474 g/mol. The van der Waals surface area contributed by atoms with Gasteiger partial charge < -0.3 is 15.5 Å². The normalized spacial score (nSPS) is 14.9. The van der Waals surface area contributed by atoms with Gasteiger partial charge in [-0.25, -0.2) is 14.5 Å². The molecule has 2 N–H and O–H groups in total. The van der Waals surface area contributed by atoms with Crippen LogP contribution in [-0.2, 0) is 12.7 Å². The van der Waals surface area contributed by atoms with Crippen molar-refractivity contribution in [2.45, 2.75) is 39.4 Å². The van der Waals surface area contributed by atoms with Gasteiger partial charge in [0.2, 0.25) is 5.91 Å². The summed E-state index contributed by atoms with van der Waals surface area (Å²) in [7, 11) is 0. The zero-order valence-corrected chi connectivity index (χ0v) is 18.8. The van der Waals surface area contributed by atoms with Crippen LogP contribution < -0.4 is 15.5 Å². The molecule has 3 aromatic rings. The predicted octanol–water partition coefficient (Wildman–Crippen LogP) is 4.67. The Labute approximate surface area is 194 Å². The second kappa shape index (κ2) is 9.32. The maximum absolute atomic E-state index is 13.3. The van der Waals surface area contributed by atoms with Crippen LogP contribution >= 0.6 is 0 Å². The molecule has 0 radical (unpaired) electrons. The Bertz CT molecular complexity index is 1220. The minimum atomic E-state index is -4.55. The van der Waals surface area contributed by atoms with Crippen LogP contribution in [0.1, 0.15) is 42.7 Å². The van der Waals surface area contributed by atoms with E-state index in [1.165, 1.54) is 23.9 Å². The molecule has 2 amide bonds.